The van der Waals surface area contributed by atoms with E-state index in [1.165, 1.54) is 6.07 Å². The van der Waals surface area contributed by atoms with E-state index in [-0.39, 0.29) is 29.7 Å². The Morgan fingerprint density at radius 3 is 2.13 bits per heavy atom. The Labute approximate surface area is 228 Å². The molecule has 5 nitrogen and oxygen atoms in total. The lowest BCUT2D eigenvalue weighted by Gasteiger charge is -2.32. The lowest BCUT2D eigenvalue weighted by Crippen LogP contribution is -2.41. The van der Waals surface area contributed by atoms with Crippen LogP contribution in [-0.2, 0) is 14.0 Å². The number of ether oxygens (including phenoxy) is 1. The highest BCUT2D eigenvalue weighted by atomic mass is 35.5. The number of hydrogen-bond donors (Lipinski definition) is 1. The lowest BCUT2D eigenvalue weighted by atomic mass is 9.77. The van der Waals surface area contributed by atoms with E-state index in [2.05, 4.69) is 29.6 Å². The molecule has 3 aromatic rings. The molecule has 38 heavy (non-hydrogen) atoms. The molecule has 0 saturated carbocycles. The fourth-order valence-corrected chi connectivity index (χ4v) is 5.07. The van der Waals surface area contributed by atoms with Gasteiger partial charge in [-0.15, -0.1) is 0 Å². The Hall–Kier alpha value is -3.13. The first-order chi connectivity index (χ1) is 18.1. The predicted molar refractivity (Wildman–Crippen MR) is 149 cm³/mol. The quantitative estimate of drug-likeness (QED) is 0.346. The summed E-state index contributed by atoms with van der Waals surface area (Å²) in [5.41, 5.74) is 4.08. The maximum Gasteiger partial charge on any atom is 0.492 e. The average Bonchev–Trinajstić information content (AvgIpc) is 3.31. The molecule has 0 radical (unpaired) electrons. The monoisotopic (exact) mass is 533 g/mol. The van der Waals surface area contributed by atoms with E-state index in [1.807, 2.05) is 52.0 Å². The number of alkyl carbamates (subject to hydrolysis) is 1. The van der Waals surface area contributed by atoms with Gasteiger partial charge in [0.25, 0.3) is 0 Å². The normalized spacial score (nSPS) is 17.7. The first kappa shape index (κ1) is 26.5. The van der Waals surface area contributed by atoms with Crippen LogP contribution in [0, 0.1) is 5.82 Å². The van der Waals surface area contributed by atoms with Gasteiger partial charge < -0.3 is 19.4 Å². The third-order valence-electron chi connectivity index (χ3n) is 7.67. The van der Waals surface area contributed by atoms with Crippen molar-refractivity contribution in [3.05, 3.63) is 99.7 Å². The predicted octanol–water partition coefficient (Wildman–Crippen LogP) is 7.03. The minimum absolute atomic E-state index is 0.0260. The summed E-state index contributed by atoms with van der Waals surface area (Å²) in [6.45, 7) is 7.94. The molecule has 0 bridgehead atoms. The van der Waals surface area contributed by atoms with Crippen molar-refractivity contribution in [2.75, 3.05) is 13.2 Å². The van der Waals surface area contributed by atoms with E-state index in [1.54, 1.807) is 18.2 Å². The van der Waals surface area contributed by atoms with Gasteiger partial charge in [-0.3, -0.25) is 0 Å². The zero-order valence-corrected chi connectivity index (χ0v) is 22.6. The first-order valence-corrected chi connectivity index (χ1v) is 13.0. The molecule has 1 saturated heterocycles. The van der Waals surface area contributed by atoms with Gasteiger partial charge in [0, 0.05) is 18.0 Å². The van der Waals surface area contributed by atoms with Crippen LogP contribution in [0.3, 0.4) is 0 Å². The number of hydrogen-bond acceptors (Lipinski definition) is 4. The van der Waals surface area contributed by atoms with Gasteiger partial charge in [-0.25, -0.2) is 9.18 Å². The molecule has 196 valence electrons. The number of nitrogens with one attached hydrogen (secondary N) is 1. The molecular weight excluding hydrogens is 504 g/mol. The summed E-state index contributed by atoms with van der Waals surface area (Å²) < 4.78 is 32.7. The Balaban J connectivity index is 1.32. The molecule has 1 aliphatic carbocycles. The zero-order valence-electron chi connectivity index (χ0n) is 21.9. The van der Waals surface area contributed by atoms with Crippen molar-refractivity contribution in [1.82, 2.24) is 5.32 Å². The van der Waals surface area contributed by atoms with Gasteiger partial charge in [0.15, 0.2) is 0 Å². The molecule has 1 amide bonds. The molecule has 0 spiro atoms. The van der Waals surface area contributed by atoms with Gasteiger partial charge in [-0.1, -0.05) is 72.3 Å². The van der Waals surface area contributed by atoms with E-state index in [0.29, 0.717) is 5.47 Å². The summed E-state index contributed by atoms with van der Waals surface area (Å²) in [5.74, 6) is -0.531. The Morgan fingerprint density at radius 2 is 1.55 bits per heavy atom. The van der Waals surface area contributed by atoms with Crippen molar-refractivity contribution in [3.8, 4) is 11.1 Å². The summed E-state index contributed by atoms with van der Waals surface area (Å²) in [6.07, 6.45) is 0.984. The maximum absolute atomic E-state index is 14.6. The molecule has 1 heterocycles. The molecule has 0 atom stereocenters. The molecule has 0 unspecified atom stereocenters. The van der Waals surface area contributed by atoms with Gasteiger partial charge in [0.2, 0.25) is 0 Å². The number of fused-ring (bicyclic) bond motifs is 3. The van der Waals surface area contributed by atoms with Gasteiger partial charge in [0.1, 0.15) is 12.4 Å². The zero-order chi connectivity index (χ0) is 27.1. The van der Waals surface area contributed by atoms with Crippen molar-refractivity contribution < 1.29 is 23.2 Å². The molecule has 5 rings (SSSR count). The van der Waals surface area contributed by atoms with Crippen LogP contribution < -0.4 is 5.32 Å². The third kappa shape index (κ3) is 4.98. The van der Waals surface area contributed by atoms with Crippen LogP contribution in [0.5, 0.6) is 0 Å². The van der Waals surface area contributed by atoms with Crippen LogP contribution >= 0.6 is 11.6 Å². The van der Waals surface area contributed by atoms with E-state index in [9.17, 15) is 9.18 Å². The second kappa shape index (κ2) is 10.2. The number of carbonyl (C=O) groups is 1. The smallest absolute Gasteiger partial charge is 0.449 e. The fourth-order valence-electron chi connectivity index (χ4n) is 4.85. The van der Waals surface area contributed by atoms with Crippen molar-refractivity contribution in [3.63, 3.8) is 0 Å². The summed E-state index contributed by atoms with van der Waals surface area (Å²) >= 11 is 6.28. The standard InChI is InChI=1S/C30H30BClFNO4/c1-29(2)30(3,4)38-31(37-29)19(16-24-26(32)14-9-15-27(24)33)17-34-28(35)36-18-25-22-12-7-5-10-20(22)21-11-6-8-13-23(21)25/h5-16,25H,17-18H2,1-4H3,(H,34,35). The van der Waals surface area contributed by atoms with Crippen molar-refractivity contribution in [2.45, 2.75) is 44.8 Å². The molecule has 1 N–H and O–H groups in total. The van der Waals surface area contributed by atoms with Gasteiger partial charge in [-0.2, -0.15) is 0 Å². The maximum atomic E-state index is 14.6. The molecule has 3 aromatic carbocycles. The molecule has 1 fully saturated rings. The van der Waals surface area contributed by atoms with E-state index in [4.69, 9.17) is 25.6 Å². The van der Waals surface area contributed by atoms with Crippen LogP contribution in [0.15, 0.2) is 72.2 Å². The van der Waals surface area contributed by atoms with Crippen LogP contribution in [0.2, 0.25) is 5.02 Å². The van der Waals surface area contributed by atoms with Crippen molar-refractivity contribution >= 4 is 30.9 Å². The van der Waals surface area contributed by atoms with Crippen molar-refractivity contribution in [1.29, 1.82) is 0 Å². The minimum Gasteiger partial charge on any atom is -0.449 e. The highest BCUT2D eigenvalue weighted by Crippen LogP contribution is 2.44. The minimum atomic E-state index is -0.801. The lowest BCUT2D eigenvalue weighted by molar-refractivity contribution is 0.00578. The van der Waals surface area contributed by atoms with Crippen LogP contribution in [0.4, 0.5) is 9.18 Å². The second-order valence-electron chi connectivity index (χ2n) is 10.6. The Kier molecular flexibility index (Phi) is 7.12. The van der Waals surface area contributed by atoms with E-state index < -0.39 is 30.2 Å². The first-order valence-electron chi connectivity index (χ1n) is 12.7. The van der Waals surface area contributed by atoms with Crippen LogP contribution in [0.1, 0.15) is 50.3 Å². The SMILES string of the molecule is CC1(C)OB(C(=Cc2c(F)cccc2Cl)CNC(=O)OCC2c3ccccc3-c3ccccc32)OC1(C)C. The van der Waals surface area contributed by atoms with Gasteiger partial charge in [0.05, 0.1) is 16.2 Å². The van der Waals surface area contributed by atoms with E-state index >= 15 is 0 Å². The molecule has 0 aromatic heterocycles. The summed E-state index contributed by atoms with van der Waals surface area (Å²) in [5, 5.41) is 3.04. The van der Waals surface area contributed by atoms with Gasteiger partial charge in [-0.05, 0) is 67.6 Å². The fraction of sp³-hybridized carbons (Fsp3) is 0.300. The van der Waals surface area contributed by atoms with Crippen LogP contribution in [0.25, 0.3) is 17.2 Å². The van der Waals surface area contributed by atoms with Crippen molar-refractivity contribution in [2.24, 2.45) is 0 Å². The Morgan fingerprint density at radius 1 is 0.974 bits per heavy atom. The summed E-state index contributed by atoms with van der Waals surface area (Å²) in [4.78, 5) is 12.8. The Bertz CT molecular complexity index is 1320. The highest BCUT2D eigenvalue weighted by Gasteiger charge is 2.52. The number of halogens is 2. The number of carbonyl (C=O) groups excluding carboxylic acids is 1. The van der Waals surface area contributed by atoms with E-state index in [0.717, 1.165) is 22.3 Å². The molecule has 8 heteroatoms. The number of amides is 1. The average molecular weight is 534 g/mol. The highest BCUT2D eigenvalue weighted by molar-refractivity contribution is 6.56. The third-order valence-corrected chi connectivity index (χ3v) is 8.00. The summed E-state index contributed by atoms with van der Waals surface area (Å²) in [6, 6.07) is 20.8. The number of rotatable bonds is 6. The summed E-state index contributed by atoms with van der Waals surface area (Å²) in [7, 11) is -0.801. The number of benzene rings is 3. The topological polar surface area (TPSA) is 56.8 Å². The second-order valence-corrected chi connectivity index (χ2v) is 11.0. The van der Waals surface area contributed by atoms with Gasteiger partial charge >= 0.3 is 13.2 Å². The van der Waals surface area contributed by atoms with Crippen LogP contribution in [-0.4, -0.2) is 37.6 Å². The molecule has 2 aliphatic rings. The largest absolute Gasteiger partial charge is 0.492 e. The molecule has 1 aliphatic heterocycles. The molecular formula is C30H30BClFNO4.